The van der Waals surface area contributed by atoms with Gasteiger partial charge in [0.15, 0.2) is 0 Å². The Morgan fingerprint density at radius 3 is 2.94 bits per heavy atom. The second-order valence-electron chi connectivity index (χ2n) is 2.91. The number of guanidine groups is 1. The number of aliphatic hydroxyl groups excluding tert-OH is 1. The Morgan fingerprint density at radius 1 is 1.44 bits per heavy atom. The molecule has 0 amide bonds. The van der Waals surface area contributed by atoms with E-state index in [4.69, 9.17) is 21.3 Å². The minimum atomic E-state index is -0.0936. The smallest absolute Gasteiger partial charge is 0.211 e. The zero-order valence-electron chi connectivity index (χ0n) is 8.71. The maximum atomic E-state index is 8.60. The Hall–Kier alpha value is -2.08. The summed E-state index contributed by atoms with van der Waals surface area (Å²) in [7, 11) is 0. The summed E-state index contributed by atoms with van der Waals surface area (Å²) in [5, 5.41) is 15.7. The SMILES string of the molecule is NC(N)=NN=Cc1cccc(OCCO)c1. The van der Waals surface area contributed by atoms with Crippen LogP contribution in [0.2, 0.25) is 0 Å². The molecule has 0 aliphatic carbocycles. The number of benzene rings is 1. The Kier molecular flexibility index (Phi) is 4.81. The first-order valence-electron chi connectivity index (χ1n) is 4.68. The number of hydrogen-bond donors (Lipinski definition) is 3. The Bertz CT molecular complexity index is 386. The van der Waals surface area contributed by atoms with Crippen molar-refractivity contribution in [2.75, 3.05) is 13.2 Å². The van der Waals surface area contributed by atoms with Crippen molar-refractivity contribution in [2.24, 2.45) is 21.7 Å². The van der Waals surface area contributed by atoms with Crippen molar-refractivity contribution in [1.82, 2.24) is 0 Å². The highest BCUT2D eigenvalue weighted by atomic mass is 16.5. The summed E-state index contributed by atoms with van der Waals surface area (Å²) in [4.78, 5) is 0. The molecule has 16 heavy (non-hydrogen) atoms. The lowest BCUT2D eigenvalue weighted by Crippen LogP contribution is -2.21. The Labute approximate surface area is 93.2 Å². The molecule has 0 atom stereocenters. The second kappa shape index (κ2) is 6.41. The van der Waals surface area contributed by atoms with Gasteiger partial charge in [0.1, 0.15) is 12.4 Å². The summed E-state index contributed by atoms with van der Waals surface area (Å²) < 4.78 is 5.23. The highest BCUT2D eigenvalue weighted by Crippen LogP contribution is 2.11. The fraction of sp³-hybridized carbons (Fsp3) is 0.200. The van der Waals surface area contributed by atoms with Gasteiger partial charge >= 0.3 is 0 Å². The third-order valence-corrected chi connectivity index (χ3v) is 1.60. The van der Waals surface area contributed by atoms with E-state index in [1.54, 1.807) is 12.1 Å². The lowest BCUT2D eigenvalue weighted by atomic mass is 10.2. The number of hydrogen-bond acceptors (Lipinski definition) is 4. The van der Waals surface area contributed by atoms with E-state index >= 15 is 0 Å². The molecule has 0 aliphatic heterocycles. The molecule has 0 aliphatic rings. The summed E-state index contributed by atoms with van der Waals surface area (Å²) in [6, 6.07) is 7.19. The first kappa shape index (κ1) is 12.0. The number of nitrogens with two attached hydrogens (primary N) is 2. The van der Waals surface area contributed by atoms with E-state index in [-0.39, 0.29) is 19.2 Å². The van der Waals surface area contributed by atoms with E-state index in [1.165, 1.54) is 6.21 Å². The van der Waals surface area contributed by atoms with Crippen LogP contribution in [-0.2, 0) is 0 Å². The van der Waals surface area contributed by atoms with Gasteiger partial charge in [-0.1, -0.05) is 12.1 Å². The largest absolute Gasteiger partial charge is 0.491 e. The van der Waals surface area contributed by atoms with E-state index in [2.05, 4.69) is 10.2 Å². The summed E-state index contributed by atoms with van der Waals surface area (Å²) in [6.45, 7) is 0.237. The summed E-state index contributed by atoms with van der Waals surface area (Å²) in [6.07, 6.45) is 1.51. The number of nitrogens with zero attached hydrogens (tertiary/aromatic N) is 2. The first-order chi connectivity index (χ1) is 7.72. The van der Waals surface area contributed by atoms with Crippen LogP contribution in [0.25, 0.3) is 0 Å². The molecule has 6 heteroatoms. The van der Waals surface area contributed by atoms with E-state index < -0.39 is 0 Å². The molecule has 0 radical (unpaired) electrons. The average molecular weight is 222 g/mol. The normalized spacial score (nSPS) is 10.3. The van der Waals surface area contributed by atoms with E-state index in [0.29, 0.717) is 5.75 Å². The van der Waals surface area contributed by atoms with Gasteiger partial charge in [-0.2, -0.15) is 5.10 Å². The van der Waals surface area contributed by atoms with Crippen LogP contribution in [0.3, 0.4) is 0 Å². The van der Waals surface area contributed by atoms with Crippen molar-refractivity contribution >= 4 is 12.2 Å². The Morgan fingerprint density at radius 2 is 2.25 bits per heavy atom. The van der Waals surface area contributed by atoms with Crippen LogP contribution >= 0.6 is 0 Å². The van der Waals surface area contributed by atoms with Crippen molar-refractivity contribution in [1.29, 1.82) is 0 Å². The van der Waals surface area contributed by atoms with Gasteiger partial charge in [-0.3, -0.25) is 0 Å². The summed E-state index contributed by atoms with van der Waals surface area (Å²) >= 11 is 0. The molecule has 86 valence electrons. The van der Waals surface area contributed by atoms with Crippen LogP contribution in [0.1, 0.15) is 5.56 Å². The average Bonchev–Trinajstić information content (AvgIpc) is 2.26. The molecule has 0 spiro atoms. The van der Waals surface area contributed by atoms with Crippen molar-refractivity contribution in [3.63, 3.8) is 0 Å². The van der Waals surface area contributed by atoms with E-state index in [0.717, 1.165) is 5.56 Å². The van der Waals surface area contributed by atoms with Crippen LogP contribution < -0.4 is 16.2 Å². The van der Waals surface area contributed by atoms with Crippen LogP contribution in [0.5, 0.6) is 5.75 Å². The maximum Gasteiger partial charge on any atom is 0.211 e. The number of rotatable bonds is 5. The molecule has 5 N–H and O–H groups in total. The number of aliphatic hydroxyl groups is 1. The predicted octanol–water partition coefficient (Wildman–Crippen LogP) is -0.335. The van der Waals surface area contributed by atoms with Crippen molar-refractivity contribution in [2.45, 2.75) is 0 Å². The monoisotopic (exact) mass is 222 g/mol. The van der Waals surface area contributed by atoms with Crippen LogP contribution in [0, 0.1) is 0 Å². The molecule has 0 saturated heterocycles. The zero-order valence-corrected chi connectivity index (χ0v) is 8.71. The highest BCUT2D eigenvalue weighted by Gasteiger charge is 1.94. The molecule has 1 aromatic rings. The summed E-state index contributed by atoms with van der Waals surface area (Å²) in [5.74, 6) is 0.562. The lowest BCUT2D eigenvalue weighted by molar-refractivity contribution is 0.201. The molecular formula is C10H14N4O2. The third kappa shape index (κ3) is 4.43. The molecule has 6 nitrogen and oxygen atoms in total. The molecule has 0 heterocycles. The van der Waals surface area contributed by atoms with Gasteiger partial charge in [-0.15, -0.1) is 5.10 Å². The van der Waals surface area contributed by atoms with Crippen LogP contribution in [0.4, 0.5) is 0 Å². The fourth-order valence-corrected chi connectivity index (χ4v) is 1.01. The van der Waals surface area contributed by atoms with Crippen LogP contribution in [-0.4, -0.2) is 30.5 Å². The second-order valence-corrected chi connectivity index (χ2v) is 2.91. The topological polar surface area (TPSA) is 106 Å². The molecule has 0 saturated carbocycles. The molecule has 1 aromatic carbocycles. The maximum absolute atomic E-state index is 8.60. The van der Waals surface area contributed by atoms with Gasteiger partial charge in [0.2, 0.25) is 5.96 Å². The van der Waals surface area contributed by atoms with Gasteiger partial charge in [-0.25, -0.2) is 0 Å². The van der Waals surface area contributed by atoms with Gasteiger partial charge in [0.05, 0.1) is 12.8 Å². The standard InChI is InChI=1S/C10H14N4O2/c11-10(12)14-13-7-8-2-1-3-9(6-8)16-5-4-15/h1-3,6-7,15H,4-5H2,(H4,11,12,14). The van der Waals surface area contributed by atoms with Crippen molar-refractivity contribution < 1.29 is 9.84 Å². The fourth-order valence-electron chi connectivity index (χ4n) is 1.01. The first-order valence-corrected chi connectivity index (χ1v) is 4.68. The molecule has 0 fully saturated rings. The van der Waals surface area contributed by atoms with Crippen LogP contribution in [0.15, 0.2) is 34.5 Å². The lowest BCUT2D eigenvalue weighted by Gasteiger charge is -2.03. The van der Waals surface area contributed by atoms with E-state index in [9.17, 15) is 0 Å². The summed E-state index contributed by atoms with van der Waals surface area (Å²) in [5.41, 5.74) is 11.0. The predicted molar refractivity (Wildman–Crippen MR) is 62.4 cm³/mol. The van der Waals surface area contributed by atoms with Gasteiger partial charge in [0, 0.05) is 0 Å². The number of ether oxygens (including phenoxy) is 1. The van der Waals surface area contributed by atoms with Gasteiger partial charge in [-0.05, 0) is 17.7 Å². The highest BCUT2D eigenvalue weighted by molar-refractivity contribution is 5.81. The molecule has 0 aromatic heterocycles. The minimum Gasteiger partial charge on any atom is -0.491 e. The van der Waals surface area contributed by atoms with Gasteiger partial charge < -0.3 is 21.3 Å². The van der Waals surface area contributed by atoms with Crippen molar-refractivity contribution in [3.8, 4) is 5.75 Å². The molecule has 0 bridgehead atoms. The zero-order chi connectivity index (χ0) is 11.8. The quantitative estimate of drug-likeness (QED) is 0.360. The van der Waals surface area contributed by atoms with Gasteiger partial charge in [0.25, 0.3) is 0 Å². The molecular weight excluding hydrogens is 208 g/mol. The third-order valence-electron chi connectivity index (χ3n) is 1.60. The van der Waals surface area contributed by atoms with Crippen molar-refractivity contribution in [3.05, 3.63) is 29.8 Å². The molecule has 1 rings (SSSR count). The molecule has 0 unspecified atom stereocenters. The Balaban J connectivity index is 2.67. The van der Waals surface area contributed by atoms with E-state index in [1.807, 2.05) is 12.1 Å². The minimum absolute atomic E-state index is 0.0215.